The number of nitrogens with one attached hydrogen (secondary N) is 2. The van der Waals surface area contributed by atoms with Crippen LogP contribution in [0.3, 0.4) is 0 Å². The Kier molecular flexibility index (Phi) is 3.08. The number of aliphatic hydroxyl groups excluding tert-OH is 1. The van der Waals surface area contributed by atoms with E-state index in [1.54, 1.807) is 0 Å². The van der Waals surface area contributed by atoms with Gasteiger partial charge in [0.15, 0.2) is 0 Å². The molecule has 0 fully saturated rings. The molecule has 0 aliphatic rings. The molecule has 0 atom stereocenters. The molecule has 1 heterocycles. The number of rotatable bonds is 4. The van der Waals surface area contributed by atoms with Crippen molar-refractivity contribution < 1.29 is 5.11 Å². The van der Waals surface area contributed by atoms with E-state index in [-0.39, 0.29) is 6.61 Å². The summed E-state index contributed by atoms with van der Waals surface area (Å²) >= 11 is 5.85. The SMILES string of the molecule is OCCCNc1nc2ccc(Cl)cc2[nH]1. The van der Waals surface area contributed by atoms with Crippen LogP contribution in [-0.2, 0) is 0 Å². The second kappa shape index (κ2) is 4.51. The predicted molar refractivity (Wildman–Crippen MR) is 61.3 cm³/mol. The van der Waals surface area contributed by atoms with Crippen LogP contribution in [0.15, 0.2) is 18.2 Å². The van der Waals surface area contributed by atoms with Crippen molar-refractivity contribution in [2.45, 2.75) is 6.42 Å². The minimum absolute atomic E-state index is 0.180. The van der Waals surface area contributed by atoms with Crippen LogP contribution in [-0.4, -0.2) is 28.2 Å². The second-order valence-corrected chi connectivity index (χ2v) is 3.69. The Labute approximate surface area is 92.3 Å². The maximum Gasteiger partial charge on any atom is 0.201 e. The molecule has 2 aromatic rings. The van der Waals surface area contributed by atoms with Crippen molar-refractivity contribution in [3.63, 3.8) is 0 Å². The van der Waals surface area contributed by atoms with Crippen molar-refractivity contribution in [2.75, 3.05) is 18.5 Å². The van der Waals surface area contributed by atoms with E-state index in [1.807, 2.05) is 18.2 Å². The molecule has 0 bridgehead atoms. The summed E-state index contributed by atoms with van der Waals surface area (Å²) in [6, 6.07) is 5.51. The Bertz CT molecular complexity index is 455. The van der Waals surface area contributed by atoms with Gasteiger partial charge < -0.3 is 15.4 Å². The van der Waals surface area contributed by atoms with Crippen molar-refractivity contribution in [3.8, 4) is 0 Å². The first-order chi connectivity index (χ1) is 7.29. The number of benzene rings is 1. The molecule has 0 amide bonds. The molecule has 1 aromatic heterocycles. The molecule has 4 nitrogen and oxygen atoms in total. The molecule has 0 saturated heterocycles. The highest BCUT2D eigenvalue weighted by Gasteiger charge is 2.01. The van der Waals surface area contributed by atoms with Crippen LogP contribution in [0.25, 0.3) is 11.0 Å². The van der Waals surface area contributed by atoms with Crippen molar-refractivity contribution in [1.29, 1.82) is 0 Å². The average molecular weight is 226 g/mol. The minimum atomic E-state index is 0.180. The summed E-state index contributed by atoms with van der Waals surface area (Å²) in [7, 11) is 0. The van der Waals surface area contributed by atoms with E-state index in [1.165, 1.54) is 0 Å². The van der Waals surface area contributed by atoms with Gasteiger partial charge in [0.05, 0.1) is 11.0 Å². The molecule has 2 rings (SSSR count). The first-order valence-electron chi connectivity index (χ1n) is 4.79. The molecule has 1 aromatic carbocycles. The van der Waals surface area contributed by atoms with E-state index < -0.39 is 0 Å². The zero-order valence-corrected chi connectivity index (χ0v) is 8.88. The van der Waals surface area contributed by atoms with Gasteiger partial charge in [0.1, 0.15) is 0 Å². The number of hydrogen-bond acceptors (Lipinski definition) is 3. The van der Waals surface area contributed by atoms with Gasteiger partial charge >= 0.3 is 0 Å². The van der Waals surface area contributed by atoms with Gasteiger partial charge in [0, 0.05) is 18.2 Å². The molecule has 0 aliphatic heterocycles. The van der Waals surface area contributed by atoms with E-state index in [9.17, 15) is 0 Å². The fraction of sp³-hybridized carbons (Fsp3) is 0.300. The summed E-state index contributed by atoms with van der Waals surface area (Å²) in [4.78, 5) is 7.43. The zero-order valence-electron chi connectivity index (χ0n) is 8.13. The van der Waals surface area contributed by atoms with Gasteiger partial charge in [-0.05, 0) is 24.6 Å². The number of hydrogen-bond donors (Lipinski definition) is 3. The van der Waals surface area contributed by atoms with Crippen molar-refractivity contribution in [2.24, 2.45) is 0 Å². The van der Waals surface area contributed by atoms with Crippen molar-refractivity contribution >= 4 is 28.6 Å². The minimum Gasteiger partial charge on any atom is -0.396 e. The van der Waals surface area contributed by atoms with Crippen molar-refractivity contribution in [3.05, 3.63) is 23.2 Å². The fourth-order valence-electron chi connectivity index (χ4n) is 1.35. The van der Waals surface area contributed by atoms with Crippen LogP contribution in [0, 0.1) is 0 Å². The quantitative estimate of drug-likeness (QED) is 0.698. The number of nitrogens with zero attached hydrogens (tertiary/aromatic N) is 1. The molecule has 0 unspecified atom stereocenters. The summed E-state index contributed by atoms with van der Waals surface area (Å²) < 4.78 is 0. The fourth-order valence-corrected chi connectivity index (χ4v) is 1.52. The van der Waals surface area contributed by atoms with Crippen LogP contribution in [0.4, 0.5) is 5.95 Å². The van der Waals surface area contributed by atoms with Crippen LogP contribution in [0.1, 0.15) is 6.42 Å². The van der Waals surface area contributed by atoms with E-state index in [0.717, 1.165) is 11.0 Å². The lowest BCUT2D eigenvalue weighted by Gasteiger charge is -1.98. The second-order valence-electron chi connectivity index (χ2n) is 3.25. The third-order valence-corrected chi connectivity index (χ3v) is 2.31. The normalized spacial score (nSPS) is 10.8. The lowest BCUT2D eigenvalue weighted by molar-refractivity contribution is 0.292. The topological polar surface area (TPSA) is 60.9 Å². The van der Waals surface area contributed by atoms with Crippen molar-refractivity contribution in [1.82, 2.24) is 9.97 Å². The molecule has 0 aliphatic carbocycles. The molecular formula is C10H12ClN3O. The molecule has 0 spiro atoms. The summed E-state index contributed by atoms with van der Waals surface area (Å²) in [6.07, 6.45) is 0.706. The van der Waals surface area contributed by atoms with Crippen LogP contribution in [0.5, 0.6) is 0 Å². The highest BCUT2D eigenvalue weighted by molar-refractivity contribution is 6.31. The van der Waals surface area contributed by atoms with Gasteiger partial charge in [-0.1, -0.05) is 11.6 Å². The molecule has 15 heavy (non-hydrogen) atoms. The first-order valence-corrected chi connectivity index (χ1v) is 5.17. The largest absolute Gasteiger partial charge is 0.396 e. The molecule has 80 valence electrons. The lowest BCUT2D eigenvalue weighted by Crippen LogP contribution is -2.04. The predicted octanol–water partition coefficient (Wildman–Crippen LogP) is 2.01. The standard InChI is InChI=1S/C10H12ClN3O/c11-7-2-3-8-9(6-7)14-10(13-8)12-4-1-5-15/h2-3,6,15H,1,4-5H2,(H2,12,13,14). The summed E-state index contributed by atoms with van der Waals surface area (Å²) in [5, 5.41) is 12.4. The summed E-state index contributed by atoms with van der Waals surface area (Å²) in [6.45, 7) is 0.878. The Morgan fingerprint density at radius 2 is 2.33 bits per heavy atom. The Morgan fingerprint density at radius 1 is 1.47 bits per heavy atom. The highest BCUT2D eigenvalue weighted by atomic mass is 35.5. The highest BCUT2D eigenvalue weighted by Crippen LogP contribution is 2.18. The van der Waals surface area contributed by atoms with Crippen LogP contribution in [0.2, 0.25) is 5.02 Å². The number of H-pyrrole nitrogens is 1. The van der Waals surface area contributed by atoms with Gasteiger partial charge in [-0.2, -0.15) is 0 Å². The number of aromatic amines is 1. The number of fused-ring (bicyclic) bond motifs is 1. The number of aliphatic hydroxyl groups is 1. The van der Waals surface area contributed by atoms with Gasteiger partial charge in [0.2, 0.25) is 5.95 Å². The molecule has 5 heteroatoms. The maximum atomic E-state index is 8.63. The third-order valence-electron chi connectivity index (χ3n) is 2.07. The van der Waals surface area contributed by atoms with E-state index in [2.05, 4.69) is 15.3 Å². The van der Waals surface area contributed by atoms with Gasteiger partial charge in [-0.3, -0.25) is 0 Å². The zero-order chi connectivity index (χ0) is 10.7. The molecular weight excluding hydrogens is 214 g/mol. The van der Waals surface area contributed by atoms with Gasteiger partial charge in [-0.15, -0.1) is 0 Å². The average Bonchev–Trinajstić information content (AvgIpc) is 2.60. The Morgan fingerprint density at radius 3 is 3.13 bits per heavy atom. The number of aromatic nitrogens is 2. The lowest BCUT2D eigenvalue weighted by atomic mass is 10.3. The number of halogens is 1. The van der Waals surface area contributed by atoms with E-state index >= 15 is 0 Å². The van der Waals surface area contributed by atoms with Crippen LogP contribution >= 0.6 is 11.6 Å². The molecule has 0 radical (unpaired) electrons. The number of imidazole rings is 1. The van der Waals surface area contributed by atoms with Gasteiger partial charge in [0.25, 0.3) is 0 Å². The smallest absolute Gasteiger partial charge is 0.201 e. The summed E-state index contributed by atoms with van der Waals surface area (Å²) in [5.74, 6) is 0.709. The molecule has 3 N–H and O–H groups in total. The Hall–Kier alpha value is -1.26. The first kappa shape index (κ1) is 10.3. The monoisotopic (exact) mass is 225 g/mol. The maximum absolute atomic E-state index is 8.63. The van der Waals surface area contributed by atoms with E-state index in [0.29, 0.717) is 23.9 Å². The summed E-state index contributed by atoms with van der Waals surface area (Å²) in [5.41, 5.74) is 1.79. The van der Waals surface area contributed by atoms with Gasteiger partial charge in [-0.25, -0.2) is 4.98 Å². The molecule has 0 saturated carbocycles. The van der Waals surface area contributed by atoms with Crippen LogP contribution < -0.4 is 5.32 Å². The van der Waals surface area contributed by atoms with E-state index in [4.69, 9.17) is 16.7 Å². The Balaban J connectivity index is 2.16. The third kappa shape index (κ3) is 2.40. The number of anilines is 1.